The predicted molar refractivity (Wildman–Crippen MR) is 130 cm³/mol. The van der Waals surface area contributed by atoms with Crippen LogP contribution in [0.3, 0.4) is 0 Å². The Morgan fingerprint density at radius 2 is 1.76 bits per heavy atom. The number of fused-ring (bicyclic) bond motifs is 1. The minimum absolute atomic E-state index is 0.218. The summed E-state index contributed by atoms with van der Waals surface area (Å²) >= 11 is 0. The van der Waals surface area contributed by atoms with E-state index in [9.17, 15) is 18.1 Å². The fraction of sp³-hybridized carbons (Fsp3) is 0.240. The van der Waals surface area contributed by atoms with E-state index in [0.717, 1.165) is 16.5 Å². The van der Waals surface area contributed by atoms with E-state index in [1.165, 1.54) is 12.1 Å². The van der Waals surface area contributed by atoms with Crippen molar-refractivity contribution in [1.82, 2.24) is 15.2 Å². The lowest BCUT2D eigenvalue weighted by atomic mass is 10.0. The summed E-state index contributed by atoms with van der Waals surface area (Å²) in [6.45, 7) is 2.44. The Labute approximate surface area is 195 Å². The third kappa shape index (κ3) is 4.14. The number of aryl methyl sites for hydroxylation is 1. The second-order valence-corrected chi connectivity index (χ2v) is 11.8. The molecule has 0 atom stereocenters. The highest BCUT2D eigenvalue weighted by molar-refractivity contribution is 7.71. The number of benzene rings is 2. The van der Waals surface area contributed by atoms with Crippen molar-refractivity contribution >= 4 is 29.0 Å². The molecule has 0 aliphatic carbocycles. The minimum Gasteiger partial charge on any atom is -0.353 e. The van der Waals surface area contributed by atoms with Crippen LogP contribution in [0.5, 0.6) is 0 Å². The van der Waals surface area contributed by atoms with Crippen LogP contribution in [0.2, 0.25) is 0 Å². The molecule has 3 heterocycles. The first-order valence-electron chi connectivity index (χ1n) is 11.0. The van der Waals surface area contributed by atoms with Gasteiger partial charge in [-0.05, 0) is 42.3 Å². The summed E-state index contributed by atoms with van der Waals surface area (Å²) in [6, 6.07) is 13.2. The molecule has 1 N–H and O–H groups in total. The van der Waals surface area contributed by atoms with Crippen LogP contribution < -0.4 is 15.8 Å². The molecule has 0 unspecified atom stereocenters. The number of H-pyrrole nitrogens is 1. The molecule has 0 bridgehead atoms. The molecule has 1 aliphatic rings. The Hall–Kier alpha value is -3.38. The summed E-state index contributed by atoms with van der Waals surface area (Å²) in [5.74, 6) is -0.674. The molecule has 1 fully saturated rings. The van der Waals surface area contributed by atoms with Gasteiger partial charge in [0, 0.05) is 48.7 Å². The lowest BCUT2D eigenvalue weighted by molar-refractivity contribution is 0.567. The van der Waals surface area contributed by atoms with Crippen molar-refractivity contribution < 1.29 is 13.3 Å². The van der Waals surface area contributed by atoms with Gasteiger partial charge in [0.05, 0.1) is 11.1 Å². The minimum atomic E-state index is -3.02. The fourth-order valence-corrected chi connectivity index (χ4v) is 7.18. The molecule has 0 amide bonds. The smallest absolute Gasteiger partial charge is 0.272 e. The summed E-state index contributed by atoms with van der Waals surface area (Å²) in [5, 5.41) is 8.18. The van der Waals surface area contributed by atoms with Crippen molar-refractivity contribution in [2.45, 2.75) is 13.3 Å². The van der Waals surface area contributed by atoms with Gasteiger partial charge in [0.15, 0.2) is 11.6 Å². The van der Waals surface area contributed by atoms with E-state index in [-0.39, 0.29) is 29.0 Å². The monoisotopic (exact) mass is 480 g/mol. The zero-order chi connectivity index (χ0) is 23.9. The van der Waals surface area contributed by atoms with Crippen LogP contribution >= 0.6 is 7.14 Å². The molecular formula is C25H23F2N4O2P. The van der Waals surface area contributed by atoms with Crippen LogP contribution in [0, 0.1) is 18.6 Å². The number of hydrogen-bond acceptors (Lipinski definition) is 5. The molecule has 1 saturated heterocycles. The highest BCUT2D eigenvalue weighted by atomic mass is 31.2. The van der Waals surface area contributed by atoms with Crippen molar-refractivity contribution in [2.24, 2.45) is 0 Å². The molecular weight excluding hydrogens is 457 g/mol. The summed E-state index contributed by atoms with van der Waals surface area (Å²) in [7, 11) is -3.02. The molecule has 34 heavy (non-hydrogen) atoms. The van der Waals surface area contributed by atoms with Crippen molar-refractivity contribution in [3.8, 4) is 0 Å². The van der Waals surface area contributed by atoms with Crippen LogP contribution in [0.1, 0.15) is 16.8 Å². The lowest BCUT2D eigenvalue weighted by Crippen LogP contribution is -2.38. The Morgan fingerprint density at radius 3 is 2.50 bits per heavy atom. The topological polar surface area (TPSA) is 79.0 Å². The van der Waals surface area contributed by atoms with Crippen LogP contribution in [-0.2, 0) is 11.0 Å². The molecule has 5 rings (SSSR count). The number of hydrogen-bond donors (Lipinski definition) is 1. The molecule has 0 radical (unpaired) electrons. The van der Waals surface area contributed by atoms with Crippen LogP contribution in [0.15, 0.2) is 59.5 Å². The van der Waals surface area contributed by atoms with E-state index in [1.54, 1.807) is 42.3 Å². The van der Waals surface area contributed by atoms with Gasteiger partial charge in [-0.15, -0.1) is 0 Å². The zero-order valence-electron chi connectivity index (χ0n) is 18.6. The van der Waals surface area contributed by atoms with Crippen molar-refractivity contribution in [2.75, 3.05) is 30.3 Å². The number of anilines is 1. The van der Waals surface area contributed by atoms with Crippen LogP contribution in [-0.4, -0.2) is 40.6 Å². The average Bonchev–Trinajstić information content (AvgIpc) is 2.83. The van der Waals surface area contributed by atoms with Crippen molar-refractivity contribution in [3.63, 3.8) is 0 Å². The average molecular weight is 480 g/mol. The van der Waals surface area contributed by atoms with E-state index in [0.29, 0.717) is 30.6 Å². The number of pyridine rings is 1. The number of aromatic nitrogens is 3. The van der Waals surface area contributed by atoms with Gasteiger partial charge in [0.1, 0.15) is 13.0 Å². The van der Waals surface area contributed by atoms with E-state index < -0.39 is 18.8 Å². The lowest BCUT2D eigenvalue weighted by Gasteiger charge is -2.33. The van der Waals surface area contributed by atoms with Gasteiger partial charge < -0.3 is 9.46 Å². The fourth-order valence-electron chi connectivity index (χ4n) is 4.48. The summed E-state index contributed by atoms with van der Waals surface area (Å²) in [4.78, 5) is 18.0. The first-order chi connectivity index (χ1) is 16.3. The van der Waals surface area contributed by atoms with E-state index in [4.69, 9.17) is 0 Å². The molecule has 0 saturated carbocycles. The molecule has 0 spiro atoms. The van der Waals surface area contributed by atoms with Crippen molar-refractivity contribution in [3.05, 3.63) is 93.5 Å². The van der Waals surface area contributed by atoms with Gasteiger partial charge in [-0.25, -0.2) is 18.9 Å². The SMILES string of the molecule is Cc1cnc(N2CCP(=O)(c3cc(Cc4n[nH]c(=O)c5ccccc45)ccc3F)CC2)c(F)c1. The number of nitrogens with one attached hydrogen (secondary N) is 1. The summed E-state index contributed by atoms with van der Waals surface area (Å²) in [5.41, 5.74) is 1.87. The van der Waals surface area contributed by atoms with E-state index >= 15 is 0 Å². The second kappa shape index (κ2) is 8.76. The molecule has 1 aliphatic heterocycles. The molecule has 6 nitrogen and oxygen atoms in total. The standard InChI is InChI=1S/C25H23F2N4O2P/c1-16-12-21(27)24(28-15-16)31-8-10-34(33,11-9-31)23-14-17(6-7-20(23)26)13-22-18-4-2-3-5-19(18)25(32)30-29-22/h2-7,12,14-15H,8-11,13H2,1H3,(H,30,32). The summed E-state index contributed by atoms with van der Waals surface area (Å²) < 4.78 is 43.0. The molecule has 9 heteroatoms. The van der Waals surface area contributed by atoms with E-state index in [1.807, 2.05) is 12.1 Å². The first kappa shape index (κ1) is 22.4. The molecule has 2 aromatic heterocycles. The Balaban J connectivity index is 1.41. The number of nitrogens with zero attached hydrogens (tertiary/aromatic N) is 3. The Kier molecular flexibility index (Phi) is 5.78. The second-order valence-electron chi connectivity index (χ2n) is 8.65. The maximum atomic E-state index is 14.9. The molecule has 174 valence electrons. The van der Waals surface area contributed by atoms with Gasteiger partial charge in [-0.2, -0.15) is 5.10 Å². The van der Waals surface area contributed by atoms with Gasteiger partial charge in [0.25, 0.3) is 5.56 Å². The van der Waals surface area contributed by atoms with Crippen LogP contribution in [0.25, 0.3) is 10.8 Å². The highest BCUT2D eigenvalue weighted by Crippen LogP contribution is 2.47. The highest BCUT2D eigenvalue weighted by Gasteiger charge is 2.34. The third-order valence-electron chi connectivity index (χ3n) is 6.32. The number of rotatable bonds is 4. The Morgan fingerprint density at radius 1 is 1.03 bits per heavy atom. The van der Waals surface area contributed by atoms with Gasteiger partial charge >= 0.3 is 0 Å². The number of aromatic amines is 1. The maximum Gasteiger partial charge on any atom is 0.272 e. The molecule has 2 aromatic carbocycles. The van der Waals surface area contributed by atoms with Gasteiger partial charge in [-0.1, -0.05) is 24.3 Å². The van der Waals surface area contributed by atoms with Gasteiger partial charge in [-0.3, -0.25) is 4.79 Å². The Bertz CT molecular complexity index is 1490. The first-order valence-corrected chi connectivity index (χ1v) is 13.1. The van der Waals surface area contributed by atoms with Gasteiger partial charge in [0.2, 0.25) is 0 Å². The number of halogens is 2. The zero-order valence-corrected chi connectivity index (χ0v) is 19.5. The summed E-state index contributed by atoms with van der Waals surface area (Å²) in [6.07, 6.45) is 2.43. The maximum absolute atomic E-state index is 14.9. The largest absolute Gasteiger partial charge is 0.353 e. The molecule has 4 aromatic rings. The predicted octanol–water partition coefficient (Wildman–Crippen LogP) is 4.00. The quantitative estimate of drug-likeness (QED) is 0.447. The van der Waals surface area contributed by atoms with Crippen molar-refractivity contribution in [1.29, 1.82) is 0 Å². The third-order valence-corrected chi connectivity index (χ3v) is 9.38. The van der Waals surface area contributed by atoms with Crippen LogP contribution in [0.4, 0.5) is 14.6 Å². The normalized spacial score (nSPS) is 15.6. The van der Waals surface area contributed by atoms with E-state index in [2.05, 4.69) is 15.2 Å².